The second-order valence-electron chi connectivity index (χ2n) is 8.01. The number of nitrogens with one attached hydrogen (secondary N) is 1. The van der Waals surface area contributed by atoms with Gasteiger partial charge < -0.3 is 5.11 Å². The Hall–Kier alpha value is -3.22. The fourth-order valence-electron chi connectivity index (χ4n) is 3.84. The molecule has 6 heteroatoms. The predicted octanol–water partition coefficient (Wildman–Crippen LogP) is 3.12. The Kier molecular flexibility index (Phi) is 8.78. The minimum absolute atomic E-state index is 0.158. The van der Waals surface area contributed by atoms with Crippen molar-refractivity contribution in [2.75, 3.05) is 32.7 Å². The molecular formula is C26H32N4O2. The molecule has 1 aliphatic heterocycles. The Balaban J connectivity index is 1.49. The third-order valence-corrected chi connectivity index (χ3v) is 5.50. The van der Waals surface area contributed by atoms with Gasteiger partial charge in [-0.3, -0.25) is 14.6 Å². The van der Waals surface area contributed by atoms with Crippen molar-refractivity contribution in [1.29, 1.82) is 0 Å². The van der Waals surface area contributed by atoms with Crippen LogP contribution in [-0.4, -0.2) is 59.8 Å². The summed E-state index contributed by atoms with van der Waals surface area (Å²) in [7, 11) is 0. The maximum absolute atomic E-state index is 12.3. The van der Waals surface area contributed by atoms with E-state index in [0.717, 1.165) is 43.9 Å². The minimum Gasteiger partial charge on any atom is -0.507 e. The van der Waals surface area contributed by atoms with Crippen LogP contribution >= 0.6 is 0 Å². The first-order chi connectivity index (χ1) is 15.6. The first-order valence-corrected chi connectivity index (χ1v) is 11.0. The van der Waals surface area contributed by atoms with Gasteiger partial charge in [0.2, 0.25) is 0 Å². The van der Waals surface area contributed by atoms with Crippen molar-refractivity contribution in [2.24, 2.45) is 5.10 Å². The lowest BCUT2D eigenvalue weighted by Gasteiger charge is -2.34. The van der Waals surface area contributed by atoms with Gasteiger partial charge in [0, 0.05) is 38.3 Å². The number of nitrogens with zero attached hydrogens (tertiary/aromatic N) is 3. The third-order valence-electron chi connectivity index (χ3n) is 5.50. The van der Waals surface area contributed by atoms with Crippen LogP contribution in [0.5, 0.6) is 5.75 Å². The lowest BCUT2D eigenvalue weighted by Crippen LogP contribution is -2.48. The molecule has 1 saturated heterocycles. The number of hydrogen-bond acceptors (Lipinski definition) is 5. The highest BCUT2D eigenvalue weighted by Gasteiger charge is 2.18. The lowest BCUT2D eigenvalue weighted by atomic mass is 10.0. The van der Waals surface area contributed by atoms with Crippen LogP contribution in [0.15, 0.2) is 72.9 Å². The van der Waals surface area contributed by atoms with E-state index >= 15 is 0 Å². The molecule has 0 radical (unpaired) electrons. The molecule has 0 aliphatic carbocycles. The van der Waals surface area contributed by atoms with Crippen LogP contribution in [0, 0.1) is 0 Å². The summed E-state index contributed by atoms with van der Waals surface area (Å²) >= 11 is 0. The number of phenols is 1. The van der Waals surface area contributed by atoms with Crippen LogP contribution < -0.4 is 5.43 Å². The molecule has 1 heterocycles. The van der Waals surface area contributed by atoms with E-state index < -0.39 is 0 Å². The van der Waals surface area contributed by atoms with E-state index in [2.05, 4.69) is 57.8 Å². The predicted molar refractivity (Wildman–Crippen MR) is 130 cm³/mol. The average Bonchev–Trinajstić information content (AvgIpc) is 2.79. The zero-order valence-electron chi connectivity index (χ0n) is 18.5. The van der Waals surface area contributed by atoms with Crippen LogP contribution in [-0.2, 0) is 24.2 Å². The highest BCUT2D eigenvalue weighted by molar-refractivity contribution is 5.86. The monoisotopic (exact) mass is 432 g/mol. The number of carbonyl (C=O) groups is 1. The van der Waals surface area contributed by atoms with E-state index in [1.54, 1.807) is 6.08 Å². The van der Waals surface area contributed by atoms with Crippen molar-refractivity contribution in [3.05, 3.63) is 90.0 Å². The van der Waals surface area contributed by atoms with Crippen molar-refractivity contribution < 1.29 is 9.90 Å². The molecule has 6 nitrogen and oxygen atoms in total. The summed E-state index contributed by atoms with van der Waals surface area (Å²) in [5.74, 6) is -0.00365. The van der Waals surface area contributed by atoms with Gasteiger partial charge in [0.05, 0.1) is 12.8 Å². The molecule has 1 fully saturated rings. The first kappa shape index (κ1) is 23.4. The normalized spacial score (nSPS) is 15.0. The summed E-state index contributed by atoms with van der Waals surface area (Å²) in [4.78, 5) is 16.9. The molecule has 3 rings (SSSR count). The van der Waals surface area contributed by atoms with Crippen molar-refractivity contribution in [1.82, 2.24) is 15.2 Å². The van der Waals surface area contributed by atoms with Crippen molar-refractivity contribution in [2.45, 2.75) is 19.4 Å². The van der Waals surface area contributed by atoms with Gasteiger partial charge in [0.25, 0.3) is 5.91 Å². The largest absolute Gasteiger partial charge is 0.507 e. The maximum Gasteiger partial charge on any atom is 0.254 e. The summed E-state index contributed by atoms with van der Waals surface area (Å²) in [5.41, 5.74) is 6.26. The number of amides is 1. The smallest absolute Gasteiger partial charge is 0.254 e. The van der Waals surface area contributed by atoms with E-state index in [-0.39, 0.29) is 11.7 Å². The van der Waals surface area contributed by atoms with Crippen LogP contribution in [0.2, 0.25) is 0 Å². The Labute approximate surface area is 190 Å². The number of piperazine rings is 1. The van der Waals surface area contributed by atoms with Crippen LogP contribution in [0.1, 0.15) is 22.3 Å². The summed E-state index contributed by atoms with van der Waals surface area (Å²) in [6, 6.07) is 14.2. The Morgan fingerprint density at radius 2 is 1.69 bits per heavy atom. The molecule has 0 unspecified atom stereocenters. The van der Waals surface area contributed by atoms with E-state index in [1.165, 1.54) is 11.8 Å². The van der Waals surface area contributed by atoms with E-state index in [9.17, 15) is 9.90 Å². The number of aromatic hydroxyl groups is 1. The molecule has 2 aromatic rings. The van der Waals surface area contributed by atoms with E-state index in [0.29, 0.717) is 24.9 Å². The zero-order chi connectivity index (χ0) is 22.8. The molecular weight excluding hydrogens is 400 g/mol. The summed E-state index contributed by atoms with van der Waals surface area (Å²) in [6.45, 7) is 12.3. The third kappa shape index (κ3) is 6.90. The van der Waals surface area contributed by atoms with E-state index in [4.69, 9.17) is 0 Å². The fraction of sp³-hybridized carbons (Fsp3) is 0.308. The minimum atomic E-state index is -0.161. The van der Waals surface area contributed by atoms with Crippen LogP contribution in [0.25, 0.3) is 0 Å². The maximum atomic E-state index is 12.3. The van der Waals surface area contributed by atoms with Gasteiger partial charge in [0.15, 0.2) is 0 Å². The molecule has 32 heavy (non-hydrogen) atoms. The Morgan fingerprint density at radius 3 is 2.38 bits per heavy atom. The number of rotatable bonds is 10. The quantitative estimate of drug-likeness (QED) is 0.344. The second-order valence-corrected chi connectivity index (χ2v) is 8.01. The first-order valence-electron chi connectivity index (χ1n) is 11.0. The van der Waals surface area contributed by atoms with Gasteiger partial charge in [-0.2, -0.15) is 5.10 Å². The molecule has 0 bridgehead atoms. The van der Waals surface area contributed by atoms with Gasteiger partial charge in [0.1, 0.15) is 5.75 Å². The number of benzene rings is 2. The number of hydrazone groups is 1. The molecule has 0 spiro atoms. The van der Waals surface area contributed by atoms with Crippen molar-refractivity contribution in [3.8, 4) is 5.75 Å². The average molecular weight is 433 g/mol. The van der Waals surface area contributed by atoms with Crippen molar-refractivity contribution in [3.63, 3.8) is 0 Å². The van der Waals surface area contributed by atoms with Gasteiger partial charge in [-0.25, -0.2) is 5.43 Å². The molecule has 0 aromatic heterocycles. The fourth-order valence-corrected chi connectivity index (χ4v) is 3.84. The molecule has 1 aliphatic rings. The summed E-state index contributed by atoms with van der Waals surface area (Å²) < 4.78 is 0. The van der Waals surface area contributed by atoms with Gasteiger partial charge >= 0.3 is 0 Å². The highest BCUT2D eigenvalue weighted by atomic mass is 16.3. The van der Waals surface area contributed by atoms with Crippen molar-refractivity contribution >= 4 is 12.1 Å². The SMILES string of the molecule is C=CCc1cc(C=NNC(=O)CN2CCN(Cc3ccccc3)CC2)c(O)c(CC=C)c1. The Morgan fingerprint density at radius 1 is 1.00 bits per heavy atom. The van der Waals surface area contributed by atoms with Gasteiger partial charge in [-0.05, 0) is 35.6 Å². The summed E-state index contributed by atoms with van der Waals surface area (Å²) in [5, 5.41) is 14.5. The topological polar surface area (TPSA) is 68.2 Å². The van der Waals surface area contributed by atoms with Gasteiger partial charge in [-0.1, -0.05) is 48.6 Å². The van der Waals surface area contributed by atoms with Crippen LogP contribution in [0.4, 0.5) is 0 Å². The molecule has 0 saturated carbocycles. The molecule has 168 valence electrons. The summed E-state index contributed by atoms with van der Waals surface area (Å²) in [6.07, 6.45) is 6.29. The molecule has 0 atom stereocenters. The molecule has 1 amide bonds. The van der Waals surface area contributed by atoms with E-state index in [1.807, 2.05) is 24.3 Å². The number of hydrogen-bond donors (Lipinski definition) is 2. The Bertz CT molecular complexity index is 948. The highest BCUT2D eigenvalue weighted by Crippen LogP contribution is 2.24. The molecule has 2 aromatic carbocycles. The second kappa shape index (κ2) is 12.0. The number of allylic oxidation sites excluding steroid dienone is 2. The zero-order valence-corrected chi connectivity index (χ0v) is 18.5. The van der Waals surface area contributed by atoms with Gasteiger partial charge in [-0.15, -0.1) is 13.2 Å². The standard InChI is InChI=1S/C26H32N4O2/c1-3-8-22-16-23(9-4-2)26(32)24(17-22)18-27-28-25(31)20-30-14-12-29(13-15-30)19-21-10-6-5-7-11-21/h3-7,10-11,16-18,32H,1-2,8-9,12-15,19-20H2,(H,28,31). The lowest BCUT2D eigenvalue weighted by molar-refractivity contribution is -0.122. The number of phenolic OH excluding ortho intramolecular Hbond substituents is 1. The number of carbonyl (C=O) groups excluding carboxylic acids is 1. The molecule has 2 N–H and O–H groups in total. The van der Waals surface area contributed by atoms with Crippen LogP contribution in [0.3, 0.4) is 0 Å².